The summed E-state index contributed by atoms with van der Waals surface area (Å²) in [5.74, 6) is 0. The number of benzene rings is 3. The van der Waals surface area contributed by atoms with Crippen LogP contribution in [0.15, 0.2) is 84.0 Å². The van der Waals surface area contributed by atoms with Gasteiger partial charge in [0.05, 0.1) is 36.7 Å². The predicted molar refractivity (Wildman–Crippen MR) is 138 cm³/mol. The van der Waals surface area contributed by atoms with E-state index in [2.05, 4.69) is 10.5 Å². The van der Waals surface area contributed by atoms with E-state index in [4.69, 9.17) is 32.7 Å². The van der Waals surface area contributed by atoms with Crippen molar-refractivity contribution in [2.75, 3.05) is 12.0 Å². The van der Waals surface area contributed by atoms with Gasteiger partial charge in [0, 0.05) is 5.02 Å². The van der Waals surface area contributed by atoms with Gasteiger partial charge in [-0.1, -0.05) is 83.9 Å². The monoisotopic (exact) mass is 518 g/mol. The van der Waals surface area contributed by atoms with E-state index in [0.717, 1.165) is 11.1 Å². The molecule has 0 saturated heterocycles. The number of halogens is 2. The van der Waals surface area contributed by atoms with Crippen molar-refractivity contribution in [3.8, 4) is 0 Å². The number of hydrogen-bond donors (Lipinski definition) is 4. The average molecular weight is 519 g/mol. The summed E-state index contributed by atoms with van der Waals surface area (Å²) in [4.78, 5) is 0. The summed E-state index contributed by atoms with van der Waals surface area (Å²) in [6.07, 6.45) is -3.43. The Hall–Kier alpha value is -2.49. The summed E-state index contributed by atoms with van der Waals surface area (Å²) < 4.78 is 12.1. The minimum absolute atomic E-state index is 0.146. The Morgan fingerprint density at radius 3 is 2.06 bits per heavy atom. The second-order valence-electron chi connectivity index (χ2n) is 7.78. The van der Waals surface area contributed by atoms with E-state index >= 15 is 0 Å². The molecule has 0 radical (unpaired) electrons. The molecule has 0 saturated carbocycles. The van der Waals surface area contributed by atoms with Crippen LogP contribution in [-0.4, -0.2) is 52.6 Å². The van der Waals surface area contributed by atoms with Crippen molar-refractivity contribution in [2.45, 2.75) is 37.6 Å². The summed E-state index contributed by atoms with van der Waals surface area (Å²) in [6, 6.07) is 23.8. The van der Waals surface area contributed by atoms with Gasteiger partial charge in [0.1, 0.15) is 24.4 Å². The van der Waals surface area contributed by atoms with Gasteiger partial charge in [0.15, 0.2) is 0 Å². The first-order valence-corrected chi connectivity index (χ1v) is 11.8. The van der Waals surface area contributed by atoms with Crippen molar-refractivity contribution in [3.63, 3.8) is 0 Å². The van der Waals surface area contributed by atoms with Crippen molar-refractivity contribution < 1.29 is 24.8 Å². The highest BCUT2D eigenvalue weighted by Gasteiger charge is 2.34. The Bertz CT molecular complexity index is 1060. The number of rotatable bonds is 13. The van der Waals surface area contributed by atoms with E-state index in [0.29, 0.717) is 15.7 Å². The molecule has 0 aromatic heterocycles. The summed E-state index contributed by atoms with van der Waals surface area (Å²) in [7, 11) is 0. The average Bonchev–Trinajstić information content (AvgIpc) is 2.89. The lowest BCUT2D eigenvalue weighted by molar-refractivity contribution is -0.145. The minimum atomic E-state index is -1.45. The number of aliphatic hydroxyl groups is 3. The zero-order chi connectivity index (χ0) is 25.0. The van der Waals surface area contributed by atoms with Crippen molar-refractivity contribution >= 4 is 35.1 Å². The van der Waals surface area contributed by atoms with E-state index in [-0.39, 0.29) is 13.2 Å². The summed E-state index contributed by atoms with van der Waals surface area (Å²) in [5, 5.41) is 35.5. The number of nitrogens with zero attached hydrogens (tertiary/aromatic N) is 1. The Labute approximate surface area is 214 Å². The van der Waals surface area contributed by atoms with Crippen LogP contribution >= 0.6 is 23.2 Å². The van der Waals surface area contributed by atoms with Gasteiger partial charge in [-0.3, -0.25) is 5.43 Å². The molecule has 0 bridgehead atoms. The maximum absolute atomic E-state index is 10.8. The molecule has 0 heterocycles. The normalized spacial score (nSPS) is 15.0. The molecule has 3 rings (SSSR count). The third-order valence-electron chi connectivity index (χ3n) is 5.15. The van der Waals surface area contributed by atoms with E-state index in [1.807, 2.05) is 60.7 Å². The molecule has 7 nitrogen and oxygen atoms in total. The lowest BCUT2D eigenvalue weighted by atomic mass is 10.0. The van der Waals surface area contributed by atoms with E-state index in [1.54, 1.807) is 18.2 Å². The fraction of sp³-hybridized carbons (Fsp3) is 0.269. The molecular formula is C26H28Cl2N2O5. The minimum Gasteiger partial charge on any atom is -0.394 e. The fourth-order valence-corrected chi connectivity index (χ4v) is 3.57. The molecule has 0 amide bonds. The summed E-state index contributed by atoms with van der Waals surface area (Å²) >= 11 is 12.2. The van der Waals surface area contributed by atoms with Crippen molar-refractivity contribution in [1.29, 1.82) is 0 Å². The zero-order valence-corrected chi connectivity index (χ0v) is 20.4. The Morgan fingerprint density at radius 1 is 0.857 bits per heavy atom. The Morgan fingerprint density at radius 2 is 1.46 bits per heavy atom. The number of hydrazone groups is 1. The second kappa shape index (κ2) is 14.2. The van der Waals surface area contributed by atoms with Crippen LogP contribution in [0.3, 0.4) is 0 Å². The van der Waals surface area contributed by atoms with Crippen LogP contribution in [0.2, 0.25) is 10.0 Å². The van der Waals surface area contributed by atoms with Crippen LogP contribution in [0.5, 0.6) is 0 Å². The molecule has 4 N–H and O–H groups in total. The van der Waals surface area contributed by atoms with Crippen molar-refractivity contribution in [3.05, 3.63) is 100 Å². The molecule has 3 aromatic rings. The first-order chi connectivity index (χ1) is 17.0. The molecule has 0 fully saturated rings. The highest BCUT2D eigenvalue weighted by Crippen LogP contribution is 2.25. The smallest absolute Gasteiger partial charge is 0.124 e. The van der Waals surface area contributed by atoms with Gasteiger partial charge >= 0.3 is 0 Å². The number of ether oxygens (including phenoxy) is 2. The first-order valence-electron chi connectivity index (χ1n) is 11.0. The second-order valence-corrected chi connectivity index (χ2v) is 8.62. The van der Waals surface area contributed by atoms with Crippen molar-refractivity contribution in [2.24, 2.45) is 5.10 Å². The summed E-state index contributed by atoms with van der Waals surface area (Å²) in [6.45, 7) is -0.304. The maximum Gasteiger partial charge on any atom is 0.124 e. The van der Waals surface area contributed by atoms with Gasteiger partial charge in [0.2, 0.25) is 0 Å². The van der Waals surface area contributed by atoms with Crippen LogP contribution in [-0.2, 0) is 22.7 Å². The number of nitrogens with one attached hydrogen (secondary N) is 1. The van der Waals surface area contributed by atoms with E-state index < -0.39 is 31.0 Å². The molecule has 0 aliphatic rings. The standard InChI is InChI=1S/C26H28Cl2N2O5/c27-20-11-12-21(28)22(13-20)30-29-14-24(34-16-18-7-3-1-4-8-18)26(25(33)23(32)15-31)35-17-19-9-5-2-6-10-19/h1-14,23-26,30-33H,15-17H2/b29-14+/t23-,24+,25-,26-/m1/s1. The van der Waals surface area contributed by atoms with Crippen LogP contribution in [0.25, 0.3) is 0 Å². The number of hydrogen-bond acceptors (Lipinski definition) is 7. The maximum atomic E-state index is 10.8. The summed E-state index contributed by atoms with van der Waals surface area (Å²) in [5.41, 5.74) is 5.06. The lowest BCUT2D eigenvalue weighted by Gasteiger charge is -2.31. The Kier molecular flexibility index (Phi) is 11.0. The topological polar surface area (TPSA) is 104 Å². The molecule has 0 aliphatic carbocycles. The number of aliphatic hydroxyl groups excluding tert-OH is 3. The third-order valence-corrected chi connectivity index (χ3v) is 5.71. The van der Waals surface area contributed by atoms with Crippen LogP contribution < -0.4 is 5.43 Å². The zero-order valence-electron chi connectivity index (χ0n) is 18.9. The van der Waals surface area contributed by atoms with Gasteiger partial charge < -0.3 is 24.8 Å². The van der Waals surface area contributed by atoms with Crippen LogP contribution in [0.1, 0.15) is 11.1 Å². The fourth-order valence-electron chi connectivity index (χ4n) is 3.23. The van der Waals surface area contributed by atoms with Crippen molar-refractivity contribution in [1.82, 2.24) is 0 Å². The quantitative estimate of drug-likeness (QED) is 0.199. The lowest BCUT2D eigenvalue weighted by Crippen LogP contribution is -2.49. The first kappa shape index (κ1) is 27.1. The van der Waals surface area contributed by atoms with Gasteiger partial charge in [-0.05, 0) is 29.3 Å². The number of anilines is 1. The van der Waals surface area contributed by atoms with Gasteiger partial charge in [-0.15, -0.1) is 0 Å². The molecule has 186 valence electrons. The third kappa shape index (κ3) is 8.59. The molecule has 0 unspecified atom stereocenters. The van der Waals surface area contributed by atoms with Crippen LogP contribution in [0.4, 0.5) is 5.69 Å². The SMILES string of the molecule is OC[C@@H](O)[C@@H](O)[C@H](OCc1ccccc1)[C@H](/C=N/Nc1cc(Cl)ccc1Cl)OCc1ccccc1. The molecule has 3 aromatic carbocycles. The molecule has 0 aliphatic heterocycles. The highest BCUT2D eigenvalue weighted by molar-refractivity contribution is 6.35. The predicted octanol–water partition coefficient (Wildman–Crippen LogP) is 4.28. The molecular weight excluding hydrogens is 491 g/mol. The Balaban J connectivity index is 1.83. The van der Waals surface area contributed by atoms with E-state index in [9.17, 15) is 15.3 Å². The van der Waals surface area contributed by atoms with Crippen LogP contribution in [0, 0.1) is 0 Å². The van der Waals surface area contributed by atoms with Gasteiger partial charge in [-0.2, -0.15) is 5.10 Å². The van der Waals surface area contributed by atoms with Gasteiger partial charge in [0.25, 0.3) is 0 Å². The van der Waals surface area contributed by atoms with E-state index in [1.165, 1.54) is 6.21 Å². The largest absolute Gasteiger partial charge is 0.394 e. The molecule has 35 heavy (non-hydrogen) atoms. The molecule has 4 atom stereocenters. The van der Waals surface area contributed by atoms with Gasteiger partial charge in [-0.25, -0.2) is 0 Å². The molecule has 9 heteroatoms. The molecule has 0 spiro atoms. The highest BCUT2D eigenvalue weighted by atomic mass is 35.5.